The molecule has 0 aliphatic heterocycles. The Hall–Kier alpha value is -2.00. The molecule has 0 spiro atoms. The monoisotopic (exact) mass is 573 g/mol. The maximum absolute atomic E-state index is 13.4. The van der Waals surface area contributed by atoms with E-state index < -0.39 is 16.6 Å². The molecule has 1 aliphatic rings. The lowest BCUT2D eigenvalue weighted by atomic mass is 9.85. The maximum atomic E-state index is 13.4. The number of hydrogen-bond donors (Lipinski definition) is 3. The molecular weight excluding hydrogens is 522 g/mol. The van der Waals surface area contributed by atoms with Gasteiger partial charge in [-0.25, -0.2) is 8.93 Å². The number of hydrogen-bond acceptors (Lipinski definition) is 4. The van der Waals surface area contributed by atoms with Crippen molar-refractivity contribution < 1.29 is 18.8 Å². The first kappa shape index (κ1) is 32.5. The van der Waals surface area contributed by atoms with Crippen molar-refractivity contribution in [3.63, 3.8) is 0 Å². The minimum atomic E-state index is -1.37. The van der Waals surface area contributed by atoms with Crippen molar-refractivity contribution in [2.75, 3.05) is 13.7 Å². The molecule has 40 heavy (non-hydrogen) atoms. The van der Waals surface area contributed by atoms with E-state index in [1.165, 1.54) is 32.1 Å². The van der Waals surface area contributed by atoms with Gasteiger partial charge in [-0.2, -0.15) is 0 Å². The molecule has 0 saturated heterocycles. The first-order valence-electron chi connectivity index (χ1n) is 14.6. The molecule has 1 amide bonds. The van der Waals surface area contributed by atoms with Crippen LogP contribution in [0.15, 0.2) is 29.2 Å². The molecule has 1 unspecified atom stereocenters. The Balaban J connectivity index is 2.17. The Morgan fingerprint density at radius 2 is 1.70 bits per heavy atom. The van der Waals surface area contributed by atoms with Gasteiger partial charge in [0, 0.05) is 31.4 Å². The van der Waals surface area contributed by atoms with E-state index in [2.05, 4.69) is 41.4 Å². The normalized spacial score (nSPS) is 16.2. The second kappa shape index (κ2) is 12.9. The smallest absolute Gasteiger partial charge is 0.253 e. The molecule has 1 aliphatic carbocycles. The van der Waals surface area contributed by atoms with E-state index in [4.69, 9.17) is 4.74 Å². The van der Waals surface area contributed by atoms with E-state index in [0.717, 1.165) is 34.0 Å². The van der Waals surface area contributed by atoms with Gasteiger partial charge in [0.05, 0.1) is 28.4 Å². The number of ether oxygens (including phenoxy) is 1. The summed E-state index contributed by atoms with van der Waals surface area (Å²) in [4.78, 5) is 14.2. The number of aromatic nitrogens is 1. The zero-order chi connectivity index (χ0) is 29.9. The Kier molecular flexibility index (Phi) is 10.5. The van der Waals surface area contributed by atoms with E-state index in [0.29, 0.717) is 18.1 Å². The van der Waals surface area contributed by atoms with Crippen molar-refractivity contribution in [1.29, 1.82) is 0 Å². The SMILES string of the molecule is COCc1c(C(=O)NCC(C)(C)O)cc(-c2ccc(S(=O)NC(C)(C)C)c(C(C)(C)C)c2)n1CC1CCCCC1. The largest absolute Gasteiger partial charge is 0.389 e. The number of benzene rings is 1. The second-order valence-electron chi connectivity index (χ2n) is 14.0. The Morgan fingerprint density at radius 3 is 2.25 bits per heavy atom. The number of carbonyl (C=O) groups excluding carboxylic acids is 1. The topological polar surface area (TPSA) is 92.6 Å². The number of methoxy groups -OCH3 is 1. The highest BCUT2D eigenvalue weighted by Gasteiger charge is 2.28. The molecule has 1 aromatic carbocycles. The Labute approximate surface area is 244 Å². The van der Waals surface area contributed by atoms with Crippen LogP contribution in [0.25, 0.3) is 11.3 Å². The fourth-order valence-corrected chi connectivity index (χ4v) is 6.74. The molecule has 1 saturated carbocycles. The molecule has 8 heteroatoms. The summed E-state index contributed by atoms with van der Waals surface area (Å²) in [7, 11) is 0.281. The van der Waals surface area contributed by atoms with Crippen LogP contribution in [0.4, 0.5) is 0 Å². The number of rotatable bonds is 10. The number of aliphatic hydroxyl groups is 1. The number of amides is 1. The minimum Gasteiger partial charge on any atom is -0.389 e. The number of nitrogens with zero attached hydrogens (tertiary/aromatic N) is 1. The molecule has 0 radical (unpaired) electrons. The Morgan fingerprint density at radius 1 is 1.05 bits per heavy atom. The molecule has 0 bridgehead atoms. The van der Waals surface area contributed by atoms with E-state index in [9.17, 15) is 14.1 Å². The average molecular weight is 574 g/mol. The quantitative estimate of drug-likeness (QED) is 0.321. The zero-order valence-corrected chi connectivity index (χ0v) is 26.9. The summed E-state index contributed by atoms with van der Waals surface area (Å²) in [5, 5.41) is 13.1. The number of nitrogens with one attached hydrogen (secondary N) is 2. The molecule has 3 rings (SSSR count). The van der Waals surface area contributed by atoms with Crippen LogP contribution in [0.3, 0.4) is 0 Å². The summed E-state index contributed by atoms with van der Waals surface area (Å²) in [5.41, 5.74) is 2.79. The third kappa shape index (κ3) is 8.75. The molecule has 7 nitrogen and oxygen atoms in total. The van der Waals surface area contributed by atoms with Crippen molar-refractivity contribution in [3.05, 3.63) is 41.1 Å². The highest BCUT2D eigenvalue weighted by Crippen LogP contribution is 2.36. The van der Waals surface area contributed by atoms with E-state index in [1.807, 2.05) is 39.0 Å². The fourth-order valence-electron chi connectivity index (χ4n) is 5.32. The Bertz CT molecular complexity index is 1190. The second-order valence-corrected chi connectivity index (χ2v) is 15.2. The fraction of sp³-hybridized carbons (Fsp3) is 0.656. The van der Waals surface area contributed by atoms with Crippen molar-refractivity contribution in [2.24, 2.45) is 5.92 Å². The van der Waals surface area contributed by atoms with Gasteiger partial charge in [0.2, 0.25) is 0 Å². The van der Waals surface area contributed by atoms with Gasteiger partial charge in [-0.05, 0) is 88.1 Å². The van der Waals surface area contributed by atoms with Crippen LogP contribution >= 0.6 is 0 Å². The minimum absolute atomic E-state index is 0.150. The van der Waals surface area contributed by atoms with Crippen LogP contribution in [0, 0.1) is 5.92 Å². The molecule has 3 N–H and O–H groups in total. The van der Waals surface area contributed by atoms with Crippen molar-refractivity contribution >= 4 is 16.9 Å². The summed E-state index contributed by atoms with van der Waals surface area (Å²) < 4.78 is 24.5. The number of carbonyl (C=O) groups is 1. The van der Waals surface area contributed by atoms with E-state index in [1.54, 1.807) is 21.0 Å². The summed E-state index contributed by atoms with van der Waals surface area (Å²) >= 11 is 0. The molecule has 2 aromatic rings. The van der Waals surface area contributed by atoms with E-state index >= 15 is 0 Å². The standard InChI is InChI=1S/C32H51N3O4S/c1-30(2,3)25-17-23(15-16-28(25)40(38)34-31(4,5)6)26-18-24(29(36)33-21-32(7,8)37)27(20-39-9)35(26)19-22-13-11-10-12-14-22/h15-18,22,34,37H,10-14,19-21H2,1-9H3,(H,33,36). The first-order chi connectivity index (χ1) is 18.5. The lowest BCUT2D eigenvalue weighted by Crippen LogP contribution is -2.38. The van der Waals surface area contributed by atoms with Gasteiger partial charge in [-0.3, -0.25) is 4.79 Å². The first-order valence-corrected chi connectivity index (χ1v) is 15.7. The molecular formula is C32H51N3O4S. The van der Waals surface area contributed by atoms with E-state index in [-0.39, 0.29) is 23.4 Å². The highest BCUT2D eigenvalue weighted by atomic mass is 32.2. The van der Waals surface area contributed by atoms with Crippen molar-refractivity contribution in [3.8, 4) is 11.3 Å². The van der Waals surface area contributed by atoms with Gasteiger partial charge in [-0.15, -0.1) is 0 Å². The highest BCUT2D eigenvalue weighted by molar-refractivity contribution is 7.83. The molecule has 1 heterocycles. The molecule has 1 atom stereocenters. The van der Waals surface area contributed by atoms with Crippen LogP contribution in [0.1, 0.15) is 109 Å². The summed E-state index contributed by atoms with van der Waals surface area (Å²) in [6.07, 6.45) is 6.09. The van der Waals surface area contributed by atoms with Crippen LogP contribution in [-0.4, -0.2) is 44.6 Å². The van der Waals surface area contributed by atoms with Gasteiger partial charge >= 0.3 is 0 Å². The van der Waals surface area contributed by atoms with Crippen molar-refractivity contribution in [1.82, 2.24) is 14.6 Å². The van der Waals surface area contributed by atoms with Gasteiger partial charge in [-0.1, -0.05) is 46.1 Å². The van der Waals surface area contributed by atoms with Gasteiger partial charge < -0.3 is 19.7 Å². The third-order valence-electron chi connectivity index (χ3n) is 7.26. The summed E-state index contributed by atoms with van der Waals surface area (Å²) in [6.45, 7) is 17.1. The molecule has 1 fully saturated rings. The van der Waals surface area contributed by atoms with Crippen LogP contribution < -0.4 is 10.0 Å². The zero-order valence-electron chi connectivity index (χ0n) is 26.1. The summed E-state index contributed by atoms with van der Waals surface area (Å²) in [6, 6.07) is 8.09. The van der Waals surface area contributed by atoms with Crippen molar-refractivity contribution in [2.45, 2.75) is 122 Å². The lowest BCUT2D eigenvalue weighted by Gasteiger charge is -2.27. The van der Waals surface area contributed by atoms with Crippen LogP contribution in [0.2, 0.25) is 0 Å². The maximum Gasteiger partial charge on any atom is 0.253 e. The average Bonchev–Trinajstić information content (AvgIpc) is 3.19. The molecule has 1 aromatic heterocycles. The molecule has 224 valence electrons. The van der Waals surface area contributed by atoms with Crippen LogP contribution in [-0.2, 0) is 34.3 Å². The van der Waals surface area contributed by atoms with Gasteiger partial charge in [0.1, 0.15) is 11.0 Å². The predicted molar refractivity (Wildman–Crippen MR) is 164 cm³/mol. The predicted octanol–water partition coefficient (Wildman–Crippen LogP) is 6.09. The van der Waals surface area contributed by atoms with Crippen LogP contribution in [0.5, 0.6) is 0 Å². The third-order valence-corrected chi connectivity index (χ3v) is 8.82. The van der Waals surface area contributed by atoms with Gasteiger partial charge in [0.25, 0.3) is 5.91 Å². The lowest BCUT2D eigenvalue weighted by molar-refractivity contribution is 0.0692. The summed E-state index contributed by atoms with van der Waals surface area (Å²) in [5.74, 6) is 0.314. The van der Waals surface area contributed by atoms with Gasteiger partial charge in [0.15, 0.2) is 0 Å².